The van der Waals surface area contributed by atoms with Crippen LogP contribution in [0.25, 0.3) is 27.8 Å². The summed E-state index contributed by atoms with van der Waals surface area (Å²) in [5, 5.41) is 4.84. The van der Waals surface area contributed by atoms with Crippen molar-refractivity contribution in [1.29, 1.82) is 0 Å². The maximum atomic E-state index is 14.9. The molecular weight excluding hydrogens is 475 g/mol. The van der Waals surface area contributed by atoms with E-state index in [0.29, 0.717) is 63.8 Å². The van der Waals surface area contributed by atoms with Crippen LogP contribution in [0.3, 0.4) is 0 Å². The Labute approximate surface area is 204 Å². The lowest BCUT2D eigenvalue weighted by atomic mass is 9.98. The minimum absolute atomic E-state index is 0.0318. The Bertz CT molecular complexity index is 1420. The van der Waals surface area contributed by atoms with Gasteiger partial charge in [-0.1, -0.05) is 18.2 Å². The highest BCUT2D eigenvalue weighted by Crippen LogP contribution is 2.49. The van der Waals surface area contributed by atoms with Crippen molar-refractivity contribution >= 4 is 22.3 Å². The number of anilines is 2. The van der Waals surface area contributed by atoms with Crippen LogP contribution in [0.4, 0.5) is 24.5 Å². The van der Waals surface area contributed by atoms with Crippen LogP contribution in [0.2, 0.25) is 0 Å². The van der Waals surface area contributed by atoms with Gasteiger partial charge in [0.15, 0.2) is 0 Å². The summed E-state index contributed by atoms with van der Waals surface area (Å²) in [6, 6.07) is 10.4. The molecule has 1 N–H and O–H groups in total. The predicted octanol–water partition coefficient (Wildman–Crippen LogP) is 3.51. The molecule has 188 valence electrons. The van der Waals surface area contributed by atoms with Gasteiger partial charge in [-0.05, 0) is 18.2 Å². The Morgan fingerprint density at radius 3 is 2.19 bits per heavy atom. The first-order chi connectivity index (χ1) is 17.4. The van der Waals surface area contributed by atoms with Gasteiger partial charge >= 0.3 is 6.18 Å². The molecule has 0 aliphatic carbocycles. The van der Waals surface area contributed by atoms with E-state index >= 15 is 0 Å². The molecule has 0 unspecified atom stereocenters. The predicted molar refractivity (Wildman–Crippen MR) is 129 cm³/mol. The SMILES string of the molecule is O=c1c2c[nH]c3cc(N4CCOCC4)c(C(F)(F)F)c(N4CCOCC4)c3c-2nn1-c1ccccc1. The third kappa shape index (κ3) is 3.79. The van der Waals surface area contributed by atoms with Gasteiger partial charge in [-0.25, -0.2) is 0 Å². The quantitative estimate of drug-likeness (QED) is 0.465. The first-order valence-electron chi connectivity index (χ1n) is 11.8. The molecule has 0 amide bonds. The summed E-state index contributed by atoms with van der Waals surface area (Å²) in [5.74, 6) is 0. The smallest absolute Gasteiger partial charge is 0.378 e. The zero-order chi connectivity index (χ0) is 24.9. The lowest BCUT2D eigenvalue weighted by molar-refractivity contribution is -0.136. The van der Waals surface area contributed by atoms with Crippen molar-refractivity contribution in [3.8, 4) is 16.9 Å². The number of halogens is 3. The number of aromatic nitrogens is 3. The number of hydrogen-bond acceptors (Lipinski definition) is 6. The Kier molecular flexibility index (Phi) is 5.60. The molecule has 8 nitrogen and oxygen atoms in total. The molecule has 2 fully saturated rings. The van der Waals surface area contributed by atoms with Crippen molar-refractivity contribution in [2.24, 2.45) is 0 Å². The molecule has 0 atom stereocenters. The van der Waals surface area contributed by atoms with E-state index < -0.39 is 17.3 Å². The highest BCUT2D eigenvalue weighted by atomic mass is 19.4. The second-order valence-electron chi connectivity index (χ2n) is 8.84. The summed E-state index contributed by atoms with van der Waals surface area (Å²) >= 11 is 0. The number of benzene rings is 2. The molecular formula is C25H24F3N5O3. The number of nitrogens with zero attached hydrogens (tertiary/aromatic N) is 4. The van der Waals surface area contributed by atoms with Crippen LogP contribution in [0, 0.1) is 0 Å². The third-order valence-electron chi connectivity index (χ3n) is 6.73. The van der Waals surface area contributed by atoms with Gasteiger partial charge in [0, 0.05) is 32.4 Å². The number of ether oxygens (including phenoxy) is 2. The number of alkyl halides is 3. The first-order valence-corrected chi connectivity index (χ1v) is 11.8. The van der Waals surface area contributed by atoms with Crippen molar-refractivity contribution in [2.45, 2.75) is 6.18 Å². The molecule has 36 heavy (non-hydrogen) atoms. The molecule has 6 rings (SSSR count). The summed E-state index contributed by atoms with van der Waals surface area (Å²) < 4.78 is 56.7. The summed E-state index contributed by atoms with van der Waals surface area (Å²) in [5.41, 5.74) is 0.502. The monoisotopic (exact) mass is 499 g/mol. The molecule has 0 bridgehead atoms. The summed E-state index contributed by atoms with van der Waals surface area (Å²) in [4.78, 5) is 19.8. The van der Waals surface area contributed by atoms with Gasteiger partial charge in [-0.3, -0.25) is 4.79 Å². The average Bonchev–Trinajstić information content (AvgIpc) is 3.25. The molecule has 4 aliphatic heterocycles. The highest BCUT2D eigenvalue weighted by molar-refractivity contribution is 6.06. The summed E-state index contributed by atoms with van der Waals surface area (Å²) in [6.45, 7) is 2.63. The van der Waals surface area contributed by atoms with Crippen LogP contribution in [-0.4, -0.2) is 67.4 Å². The third-order valence-corrected chi connectivity index (χ3v) is 6.73. The number of hydrogen-bond donors (Lipinski definition) is 1. The van der Waals surface area contributed by atoms with Crippen LogP contribution in [-0.2, 0) is 15.7 Å². The fraction of sp³-hybridized carbons (Fsp3) is 0.360. The number of aromatic amines is 1. The first kappa shape index (κ1) is 22.9. The largest absolute Gasteiger partial charge is 0.420 e. The molecule has 2 aromatic carbocycles. The molecule has 4 aliphatic rings. The van der Waals surface area contributed by atoms with Crippen LogP contribution < -0.4 is 15.4 Å². The van der Waals surface area contributed by atoms with E-state index in [9.17, 15) is 18.0 Å². The van der Waals surface area contributed by atoms with Crippen LogP contribution in [0.1, 0.15) is 5.56 Å². The minimum Gasteiger partial charge on any atom is -0.378 e. The molecule has 0 spiro atoms. The van der Waals surface area contributed by atoms with Crippen molar-refractivity contribution in [2.75, 3.05) is 62.4 Å². The molecule has 0 aromatic heterocycles. The van der Waals surface area contributed by atoms with E-state index in [2.05, 4.69) is 10.1 Å². The zero-order valence-electron chi connectivity index (χ0n) is 19.3. The minimum atomic E-state index is -4.64. The summed E-state index contributed by atoms with van der Waals surface area (Å²) in [7, 11) is 0. The summed E-state index contributed by atoms with van der Waals surface area (Å²) in [6.07, 6.45) is -3.11. The van der Waals surface area contributed by atoms with Crippen molar-refractivity contribution in [3.63, 3.8) is 0 Å². The number of fused-ring (bicyclic) bond motifs is 3. The second-order valence-corrected chi connectivity index (χ2v) is 8.84. The number of H-pyrrole nitrogens is 1. The number of nitrogens with one attached hydrogen (secondary N) is 1. The number of morpholine rings is 2. The fourth-order valence-corrected chi connectivity index (χ4v) is 5.07. The molecule has 0 radical (unpaired) electrons. The lowest BCUT2D eigenvalue weighted by Crippen LogP contribution is -2.40. The van der Waals surface area contributed by atoms with Crippen LogP contribution >= 0.6 is 0 Å². The van der Waals surface area contributed by atoms with E-state index in [1.54, 1.807) is 34.1 Å². The molecule has 11 heteroatoms. The van der Waals surface area contributed by atoms with Crippen molar-refractivity contribution in [1.82, 2.24) is 14.8 Å². The maximum Gasteiger partial charge on any atom is 0.420 e. The fourth-order valence-electron chi connectivity index (χ4n) is 5.07. The topological polar surface area (TPSA) is 75.6 Å². The van der Waals surface area contributed by atoms with E-state index in [-0.39, 0.29) is 28.0 Å². The maximum absolute atomic E-state index is 14.9. The van der Waals surface area contributed by atoms with Crippen molar-refractivity contribution < 1.29 is 22.6 Å². The Balaban J connectivity index is 1.70. The van der Waals surface area contributed by atoms with Gasteiger partial charge in [0.25, 0.3) is 5.56 Å². The molecule has 4 heterocycles. The Morgan fingerprint density at radius 2 is 1.56 bits per heavy atom. The number of rotatable bonds is 3. The Hall–Kier alpha value is -3.57. The molecule has 2 saturated heterocycles. The van der Waals surface area contributed by atoms with E-state index in [1.807, 2.05) is 6.07 Å². The highest BCUT2D eigenvalue weighted by Gasteiger charge is 2.42. The van der Waals surface area contributed by atoms with Crippen molar-refractivity contribution in [3.05, 3.63) is 58.5 Å². The van der Waals surface area contributed by atoms with Crippen LogP contribution in [0.5, 0.6) is 0 Å². The van der Waals surface area contributed by atoms with Gasteiger partial charge < -0.3 is 24.3 Å². The van der Waals surface area contributed by atoms with Gasteiger partial charge in [0.05, 0.1) is 60.0 Å². The average molecular weight is 499 g/mol. The van der Waals surface area contributed by atoms with Gasteiger partial charge in [0.1, 0.15) is 11.3 Å². The molecule has 2 aromatic rings. The van der Waals surface area contributed by atoms with E-state index in [0.717, 1.165) is 0 Å². The standard InChI is InChI=1S/C25H24F3N5O3/c26-25(27,28)21-19(31-6-10-35-11-7-31)14-18-20(23(21)32-8-12-36-13-9-32)22-17(15-29-18)24(34)33(30-22)16-4-2-1-3-5-16/h1-5,14-15,29H,6-13H2. The lowest BCUT2D eigenvalue weighted by Gasteiger charge is -2.36. The van der Waals surface area contributed by atoms with Gasteiger partial charge in [-0.2, -0.15) is 23.0 Å². The Morgan fingerprint density at radius 1 is 0.917 bits per heavy atom. The van der Waals surface area contributed by atoms with Crippen LogP contribution in [0.15, 0.2) is 47.4 Å². The second kappa shape index (κ2) is 8.82. The van der Waals surface area contributed by atoms with E-state index in [4.69, 9.17) is 9.47 Å². The van der Waals surface area contributed by atoms with Gasteiger partial charge in [-0.15, -0.1) is 0 Å². The van der Waals surface area contributed by atoms with Gasteiger partial charge in [0.2, 0.25) is 0 Å². The number of pyridine rings is 1. The number of para-hydroxylation sites is 1. The zero-order valence-corrected chi connectivity index (χ0v) is 19.3. The normalized spacial score (nSPS) is 17.3. The molecule has 0 saturated carbocycles. The van der Waals surface area contributed by atoms with E-state index in [1.165, 1.54) is 16.9 Å².